The molecule has 0 radical (unpaired) electrons. The number of methoxy groups -OCH3 is 1. The number of likely N-dealkylation sites (tertiary alicyclic amines) is 1. The summed E-state index contributed by atoms with van der Waals surface area (Å²) < 4.78 is 10.9. The van der Waals surface area contributed by atoms with Gasteiger partial charge in [0.15, 0.2) is 0 Å². The first-order chi connectivity index (χ1) is 23.0. The molecule has 12 heteroatoms. The minimum atomic E-state index is -1.10. The number of carbonyl (C=O) groups excluding carboxylic acids is 3. The first-order valence-corrected chi connectivity index (χ1v) is 16.3. The lowest BCUT2D eigenvalue weighted by Gasteiger charge is -2.48. The lowest BCUT2D eigenvalue weighted by molar-refractivity contribution is -0.144. The molecule has 48 heavy (non-hydrogen) atoms. The van der Waals surface area contributed by atoms with Crippen LogP contribution in [0.2, 0.25) is 5.02 Å². The van der Waals surface area contributed by atoms with E-state index in [1.54, 1.807) is 19.2 Å². The van der Waals surface area contributed by atoms with Crippen molar-refractivity contribution in [2.45, 2.75) is 49.7 Å². The standard InChI is InChI=1S/C36H41ClN4O7/c1-23(38-34(44)48-20-30-28-11-6-4-9-26(28)27-10-5-7-12-29(27)30)32(42)39-31(21-47-3)33(43)40(2)36(17-8-18-41(22-36)35(45)46)19-24-13-15-25(37)16-14-24/h4-7,9-16,23,30-31H,8,17-22H2,1-3H3,(H,38,44)(H,39,42)(H,45,46). The number of carbonyl (C=O) groups is 4. The molecule has 1 aliphatic carbocycles. The number of likely N-dealkylation sites (N-methyl/N-ethyl adjacent to an activating group) is 1. The van der Waals surface area contributed by atoms with E-state index < -0.39 is 41.6 Å². The number of hydrogen-bond donors (Lipinski definition) is 3. The number of piperidine rings is 1. The van der Waals surface area contributed by atoms with Crippen LogP contribution in [0.3, 0.4) is 0 Å². The highest BCUT2D eigenvalue weighted by Gasteiger charge is 2.44. The molecule has 3 atom stereocenters. The van der Waals surface area contributed by atoms with Crippen molar-refractivity contribution in [3.63, 3.8) is 0 Å². The van der Waals surface area contributed by atoms with Crippen LogP contribution in [0.15, 0.2) is 72.8 Å². The molecule has 0 spiro atoms. The summed E-state index contributed by atoms with van der Waals surface area (Å²) in [6.45, 7) is 1.92. The molecule has 3 N–H and O–H groups in total. The predicted molar refractivity (Wildman–Crippen MR) is 181 cm³/mol. The zero-order valence-corrected chi connectivity index (χ0v) is 28.0. The second kappa shape index (κ2) is 15.1. The van der Waals surface area contributed by atoms with Crippen molar-refractivity contribution in [2.75, 3.05) is 40.5 Å². The van der Waals surface area contributed by atoms with E-state index in [1.165, 1.54) is 23.8 Å². The van der Waals surface area contributed by atoms with Crippen LogP contribution in [0.25, 0.3) is 11.1 Å². The molecule has 3 aromatic rings. The van der Waals surface area contributed by atoms with E-state index in [2.05, 4.69) is 10.6 Å². The van der Waals surface area contributed by atoms with Gasteiger partial charge in [-0.05, 0) is 66.1 Å². The third kappa shape index (κ3) is 7.58. The minimum Gasteiger partial charge on any atom is -0.465 e. The van der Waals surface area contributed by atoms with Crippen molar-refractivity contribution in [3.8, 4) is 11.1 Å². The van der Waals surface area contributed by atoms with Crippen LogP contribution in [0, 0.1) is 0 Å². The molecule has 11 nitrogen and oxygen atoms in total. The lowest BCUT2D eigenvalue weighted by atomic mass is 9.81. The quantitative estimate of drug-likeness (QED) is 0.262. The summed E-state index contributed by atoms with van der Waals surface area (Å²) in [6.07, 6.45) is -0.339. The Kier molecular flexibility index (Phi) is 10.9. The topological polar surface area (TPSA) is 138 Å². The van der Waals surface area contributed by atoms with Gasteiger partial charge >= 0.3 is 12.2 Å². The predicted octanol–water partition coefficient (Wildman–Crippen LogP) is 4.91. The first kappa shape index (κ1) is 34.7. The van der Waals surface area contributed by atoms with Gasteiger partial charge in [-0.3, -0.25) is 9.59 Å². The number of benzene rings is 3. The van der Waals surface area contributed by atoms with Gasteiger partial charge in [0.25, 0.3) is 0 Å². The van der Waals surface area contributed by atoms with E-state index in [1.807, 2.05) is 60.7 Å². The molecule has 0 aromatic heterocycles. The Labute approximate surface area is 285 Å². The highest BCUT2D eigenvalue weighted by atomic mass is 35.5. The molecule has 3 aromatic carbocycles. The van der Waals surface area contributed by atoms with E-state index in [9.17, 15) is 24.3 Å². The van der Waals surface area contributed by atoms with Crippen LogP contribution >= 0.6 is 11.6 Å². The van der Waals surface area contributed by atoms with Crippen molar-refractivity contribution in [3.05, 3.63) is 94.5 Å². The van der Waals surface area contributed by atoms with E-state index in [0.29, 0.717) is 30.8 Å². The van der Waals surface area contributed by atoms with Gasteiger partial charge in [0.1, 0.15) is 18.7 Å². The summed E-state index contributed by atoms with van der Waals surface area (Å²) in [6, 6.07) is 21.1. The summed E-state index contributed by atoms with van der Waals surface area (Å²) in [5, 5.41) is 15.7. The molecule has 1 saturated heterocycles. The average Bonchev–Trinajstić information content (AvgIpc) is 3.41. The third-order valence-electron chi connectivity index (χ3n) is 9.33. The number of carboxylic acid groups (broad SMARTS) is 1. The highest BCUT2D eigenvalue weighted by molar-refractivity contribution is 6.30. The normalized spacial score (nSPS) is 18.2. The molecule has 1 fully saturated rings. The molecule has 4 amide bonds. The zero-order valence-electron chi connectivity index (χ0n) is 27.3. The van der Waals surface area contributed by atoms with Crippen LogP contribution < -0.4 is 10.6 Å². The van der Waals surface area contributed by atoms with Crippen LogP contribution in [0.4, 0.5) is 9.59 Å². The number of alkyl carbamates (subject to hydrolysis) is 1. The molecular weight excluding hydrogens is 636 g/mol. The maximum absolute atomic E-state index is 14.0. The summed E-state index contributed by atoms with van der Waals surface area (Å²) >= 11 is 6.09. The maximum Gasteiger partial charge on any atom is 0.407 e. The fourth-order valence-corrected chi connectivity index (χ4v) is 6.91. The minimum absolute atomic E-state index is 0.0901. The molecular formula is C36H41ClN4O7. The molecule has 2 aliphatic rings. The molecule has 1 heterocycles. The molecule has 5 rings (SSSR count). The van der Waals surface area contributed by atoms with E-state index in [-0.39, 0.29) is 25.7 Å². The van der Waals surface area contributed by atoms with Gasteiger partial charge in [-0.1, -0.05) is 72.3 Å². The number of rotatable bonds is 11. The zero-order chi connectivity index (χ0) is 34.4. The van der Waals surface area contributed by atoms with Crippen molar-refractivity contribution in [2.24, 2.45) is 0 Å². The monoisotopic (exact) mass is 676 g/mol. The summed E-state index contributed by atoms with van der Waals surface area (Å²) in [4.78, 5) is 55.0. The Morgan fingerprint density at radius 3 is 2.23 bits per heavy atom. The van der Waals surface area contributed by atoms with Crippen LogP contribution in [-0.2, 0) is 25.5 Å². The van der Waals surface area contributed by atoms with Crippen LogP contribution in [-0.4, -0.2) is 97.0 Å². The Hall–Kier alpha value is -4.61. The van der Waals surface area contributed by atoms with E-state index in [4.69, 9.17) is 21.1 Å². The summed E-state index contributed by atoms with van der Waals surface area (Å²) in [5.74, 6) is -1.18. The van der Waals surface area contributed by atoms with Gasteiger partial charge in [-0.25, -0.2) is 9.59 Å². The molecule has 0 saturated carbocycles. The highest BCUT2D eigenvalue weighted by Crippen LogP contribution is 2.44. The van der Waals surface area contributed by atoms with Gasteiger partial charge in [0.05, 0.1) is 12.1 Å². The fraction of sp³-hybridized carbons (Fsp3) is 0.389. The number of ether oxygens (including phenoxy) is 2. The number of amides is 4. The Bertz CT molecular complexity index is 1610. The van der Waals surface area contributed by atoms with Crippen LogP contribution in [0.5, 0.6) is 0 Å². The second-order valence-electron chi connectivity index (χ2n) is 12.4. The van der Waals surface area contributed by atoms with Crippen molar-refractivity contribution >= 4 is 35.6 Å². The van der Waals surface area contributed by atoms with E-state index in [0.717, 1.165) is 27.8 Å². The number of nitrogens with zero attached hydrogens (tertiary/aromatic N) is 2. The Morgan fingerprint density at radius 2 is 1.62 bits per heavy atom. The van der Waals surface area contributed by atoms with Gasteiger partial charge < -0.3 is 35.0 Å². The average molecular weight is 677 g/mol. The summed E-state index contributed by atoms with van der Waals surface area (Å²) in [5.41, 5.74) is 4.35. The van der Waals surface area contributed by atoms with Crippen molar-refractivity contribution in [1.82, 2.24) is 20.4 Å². The fourth-order valence-electron chi connectivity index (χ4n) is 6.78. The van der Waals surface area contributed by atoms with Crippen molar-refractivity contribution in [1.29, 1.82) is 0 Å². The number of halogens is 1. The van der Waals surface area contributed by atoms with Gasteiger partial charge in [-0.2, -0.15) is 0 Å². The Balaban J connectivity index is 1.23. The first-order valence-electron chi connectivity index (χ1n) is 15.9. The van der Waals surface area contributed by atoms with E-state index >= 15 is 0 Å². The molecule has 0 bridgehead atoms. The third-order valence-corrected chi connectivity index (χ3v) is 9.59. The smallest absolute Gasteiger partial charge is 0.407 e. The lowest BCUT2D eigenvalue weighted by Crippen LogP contribution is -2.65. The van der Waals surface area contributed by atoms with Gasteiger partial charge in [0, 0.05) is 38.2 Å². The van der Waals surface area contributed by atoms with Gasteiger partial charge in [-0.15, -0.1) is 0 Å². The van der Waals surface area contributed by atoms with Gasteiger partial charge in [0.2, 0.25) is 11.8 Å². The second-order valence-corrected chi connectivity index (χ2v) is 12.9. The maximum atomic E-state index is 14.0. The largest absolute Gasteiger partial charge is 0.465 e. The molecule has 254 valence electrons. The number of fused-ring (bicyclic) bond motifs is 3. The number of nitrogens with one attached hydrogen (secondary N) is 2. The SMILES string of the molecule is COCC(NC(=O)C(C)NC(=O)OCC1c2ccccc2-c2ccccc21)C(=O)N(C)C1(Cc2ccc(Cl)cc2)CCCN(C(=O)O)C1. The molecule has 1 aliphatic heterocycles. The molecule has 3 unspecified atom stereocenters. The Morgan fingerprint density at radius 1 is 1.00 bits per heavy atom. The summed E-state index contributed by atoms with van der Waals surface area (Å²) in [7, 11) is 3.04. The van der Waals surface area contributed by atoms with Crippen LogP contribution in [0.1, 0.15) is 42.4 Å². The van der Waals surface area contributed by atoms with Crippen molar-refractivity contribution < 1.29 is 33.8 Å². The number of hydrogen-bond acceptors (Lipinski definition) is 6.